The lowest BCUT2D eigenvalue weighted by atomic mass is 10.1. The highest BCUT2D eigenvalue weighted by atomic mass is 15.2. The molecule has 0 aromatic carbocycles. The first-order valence-corrected chi connectivity index (χ1v) is 4.29. The van der Waals surface area contributed by atoms with Crippen molar-refractivity contribution >= 4 is 5.57 Å². The number of rotatable bonds is 1. The summed E-state index contributed by atoms with van der Waals surface area (Å²) in [5, 5.41) is 11.1. The lowest BCUT2D eigenvalue weighted by molar-refractivity contribution is 0.657. The van der Waals surface area contributed by atoms with Gasteiger partial charge in [-0.1, -0.05) is 6.08 Å². The average molecular weight is 179 g/mol. The van der Waals surface area contributed by atoms with Crippen LogP contribution in [0.2, 0.25) is 0 Å². The number of nitrogens with two attached hydrogens (primary N) is 1. The molecular weight excluding hydrogens is 166 g/mol. The van der Waals surface area contributed by atoms with E-state index in [0.717, 1.165) is 24.5 Å². The van der Waals surface area contributed by atoms with E-state index in [-0.39, 0.29) is 6.04 Å². The molecule has 0 radical (unpaired) electrons. The van der Waals surface area contributed by atoms with Gasteiger partial charge in [0, 0.05) is 31.8 Å². The van der Waals surface area contributed by atoms with Crippen molar-refractivity contribution in [1.82, 2.24) is 20.1 Å². The van der Waals surface area contributed by atoms with Gasteiger partial charge in [-0.05, 0) is 0 Å². The van der Waals surface area contributed by atoms with Crippen LogP contribution in [0.4, 0.5) is 0 Å². The van der Waals surface area contributed by atoms with Gasteiger partial charge in [0.25, 0.3) is 0 Å². The molecule has 0 aliphatic carbocycles. The van der Waals surface area contributed by atoms with Crippen molar-refractivity contribution in [1.29, 1.82) is 0 Å². The molecule has 1 aliphatic heterocycles. The Morgan fingerprint density at radius 1 is 1.69 bits per heavy atom. The number of aromatic nitrogens is 3. The summed E-state index contributed by atoms with van der Waals surface area (Å²) in [5.41, 5.74) is 6.91. The molecule has 5 heteroatoms. The number of hydrogen-bond acceptors (Lipinski definition) is 4. The second-order valence-electron chi connectivity index (χ2n) is 3.25. The maximum Gasteiger partial charge on any atom is 0.160 e. The summed E-state index contributed by atoms with van der Waals surface area (Å²) < 4.78 is 1.89. The first-order valence-electron chi connectivity index (χ1n) is 4.29. The first-order chi connectivity index (χ1) is 6.27. The minimum atomic E-state index is 0.0837. The number of nitrogens with one attached hydrogen (secondary N) is 1. The molecule has 0 spiro atoms. The SMILES string of the molecule is Cn1cnnc1C1=CC(N)CNC1. The van der Waals surface area contributed by atoms with E-state index >= 15 is 0 Å². The second kappa shape index (κ2) is 3.27. The van der Waals surface area contributed by atoms with Crippen molar-refractivity contribution in [3.8, 4) is 0 Å². The molecule has 70 valence electrons. The third kappa shape index (κ3) is 1.61. The van der Waals surface area contributed by atoms with Gasteiger partial charge in [-0.15, -0.1) is 10.2 Å². The van der Waals surface area contributed by atoms with Crippen molar-refractivity contribution in [3.05, 3.63) is 18.2 Å². The van der Waals surface area contributed by atoms with Crippen LogP contribution >= 0.6 is 0 Å². The molecule has 1 aromatic rings. The third-order valence-corrected chi connectivity index (χ3v) is 2.11. The summed E-state index contributed by atoms with van der Waals surface area (Å²) in [6.07, 6.45) is 3.73. The molecule has 3 N–H and O–H groups in total. The van der Waals surface area contributed by atoms with Gasteiger partial charge >= 0.3 is 0 Å². The van der Waals surface area contributed by atoms with Crippen LogP contribution < -0.4 is 11.1 Å². The molecule has 2 rings (SSSR count). The lowest BCUT2D eigenvalue weighted by Crippen LogP contribution is -2.37. The number of hydrogen-bond donors (Lipinski definition) is 2. The largest absolute Gasteiger partial charge is 0.323 e. The van der Waals surface area contributed by atoms with Gasteiger partial charge in [-0.25, -0.2) is 0 Å². The van der Waals surface area contributed by atoms with E-state index in [9.17, 15) is 0 Å². The molecule has 1 aliphatic rings. The van der Waals surface area contributed by atoms with Crippen LogP contribution in [0.5, 0.6) is 0 Å². The van der Waals surface area contributed by atoms with Gasteiger partial charge in [0.2, 0.25) is 0 Å². The summed E-state index contributed by atoms with van der Waals surface area (Å²) in [7, 11) is 1.93. The molecule has 5 nitrogen and oxygen atoms in total. The fraction of sp³-hybridized carbons (Fsp3) is 0.500. The van der Waals surface area contributed by atoms with Gasteiger partial charge < -0.3 is 15.6 Å². The molecule has 0 amide bonds. The molecular formula is C8H13N5. The quantitative estimate of drug-likeness (QED) is 0.588. The molecule has 0 saturated carbocycles. The van der Waals surface area contributed by atoms with Crippen LogP contribution in [0.3, 0.4) is 0 Å². The molecule has 1 unspecified atom stereocenters. The van der Waals surface area contributed by atoms with Crippen molar-refractivity contribution < 1.29 is 0 Å². The van der Waals surface area contributed by atoms with Crippen LogP contribution in [-0.4, -0.2) is 33.9 Å². The van der Waals surface area contributed by atoms with Crippen LogP contribution in [0.1, 0.15) is 5.82 Å². The van der Waals surface area contributed by atoms with Gasteiger partial charge in [-0.3, -0.25) is 0 Å². The second-order valence-corrected chi connectivity index (χ2v) is 3.25. The molecule has 0 bridgehead atoms. The normalized spacial score (nSPS) is 22.9. The van der Waals surface area contributed by atoms with E-state index in [0.29, 0.717) is 0 Å². The van der Waals surface area contributed by atoms with Crippen molar-refractivity contribution in [2.75, 3.05) is 13.1 Å². The predicted molar refractivity (Wildman–Crippen MR) is 49.8 cm³/mol. The molecule has 13 heavy (non-hydrogen) atoms. The molecule has 0 saturated heterocycles. The standard InChI is InChI=1S/C8H13N5/c1-13-5-11-12-8(13)6-2-7(9)4-10-3-6/h2,5,7,10H,3-4,9H2,1H3. The third-order valence-electron chi connectivity index (χ3n) is 2.11. The number of aryl methyl sites for hydroxylation is 1. The zero-order valence-electron chi connectivity index (χ0n) is 7.57. The highest BCUT2D eigenvalue weighted by Crippen LogP contribution is 2.12. The molecule has 1 atom stereocenters. The Morgan fingerprint density at radius 2 is 2.54 bits per heavy atom. The Morgan fingerprint density at radius 3 is 3.15 bits per heavy atom. The summed E-state index contributed by atoms with van der Waals surface area (Å²) in [6, 6.07) is 0.0837. The van der Waals surface area contributed by atoms with E-state index in [1.165, 1.54) is 0 Å². The van der Waals surface area contributed by atoms with Gasteiger partial charge in [-0.2, -0.15) is 0 Å². The van der Waals surface area contributed by atoms with Gasteiger partial charge in [0.05, 0.1) is 0 Å². The van der Waals surface area contributed by atoms with Crippen LogP contribution in [-0.2, 0) is 7.05 Å². The van der Waals surface area contributed by atoms with Crippen LogP contribution in [0.15, 0.2) is 12.4 Å². The Balaban J connectivity index is 2.30. The number of nitrogens with zero attached hydrogens (tertiary/aromatic N) is 3. The molecule has 1 aromatic heterocycles. The maximum atomic E-state index is 5.78. The average Bonchev–Trinajstić information content (AvgIpc) is 2.51. The van der Waals surface area contributed by atoms with E-state index in [4.69, 9.17) is 5.73 Å². The Hall–Kier alpha value is -1.20. The Labute approximate surface area is 76.6 Å². The van der Waals surface area contributed by atoms with Crippen molar-refractivity contribution in [2.45, 2.75) is 6.04 Å². The summed E-state index contributed by atoms with van der Waals surface area (Å²) in [4.78, 5) is 0. The van der Waals surface area contributed by atoms with Crippen LogP contribution in [0.25, 0.3) is 5.57 Å². The topological polar surface area (TPSA) is 68.8 Å². The first kappa shape index (κ1) is 8.40. The highest BCUT2D eigenvalue weighted by molar-refractivity contribution is 5.63. The fourth-order valence-corrected chi connectivity index (χ4v) is 1.48. The van der Waals surface area contributed by atoms with Gasteiger partial charge in [0.1, 0.15) is 6.33 Å². The summed E-state index contributed by atoms with van der Waals surface area (Å²) in [5.74, 6) is 0.891. The zero-order chi connectivity index (χ0) is 9.26. The highest BCUT2D eigenvalue weighted by Gasteiger charge is 2.13. The van der Waals surface area contributed by atoms with E-state index in [1.54, 1.807) is 6.33 Å². The summed E-state index contributed by atoms with van der Waals surface area (Å²) >= 11 is 0. The Kier molecular flexibility index (Phi) is 2.12. The fourth-order valence-electron chi connectivity index (χ4n) is 1.48. The van der Waals surface area contributed by atoms with E-state index in [1.807, 2.05) is 17.7 Å². The van der Waals surface area contributed by atoms with E-state index in [2.05, 4.69) is 15.5 Å². The minimum Gasteiger partial charge on any atom is -0.323 e. The minimum absolute atomic E-state index is 0.0837. The molecule has 2 heterocycles. The smallest absolute Gasteiger partial charge is 0.160 e. The maximum absolute atomic E-state index is 5.78. The lowest BCUT2D eigenvalue weighted by Gasteiger charge is -2.18. The zero-order valence-corrected chi connectivity index (χ0v) is 7.57. The predicted octanol–water partition coefficient (Wildman–Crippen LogP) is -0.871. The van der Waals surface area contributed by atoms with E-state index < -0.39 is 0 Å². The van der Waals surface area contributed by atoms with Gasteiger partial charge in [0.15, 0.2) is 5.82 Å². The monoisotopic (exact) mass is 179 g/mol. The molecule has 0 fully saturated rings. The van der Waals surface area contributed by atoms with Crippen molar-refractivity contribution in [2.24, 2.45) is 12.8 Å². The van der Waals surface area contributed by atoms with Crippen molar-refractivity contribution in [3.63, 3.8) is 0 Å². The summed E-state index contributed by atoms with van der Waals surface area (Å²) in [6.45, 7) is 1.65. The Bertz CT molecular complexity index is 327. The van der Waals surface area contributed by atoms with Crippen LogP contribution in [0, 0.1) is 0 Å².